The van der Waals surface area contributed by atoms with Crippen molar-refractivity contribution in [3.8, 4) is 0 Å². The standard InChI is InChI=1S/C35H50N8O2/c1-33(2,3)19-18-28(25-12-14-26(15-13-25)31(44)39-23-29(41-36)42-37)43-32(45)30(38-22-24-10-8-7-9-11-24)40-35(43)20-16-27(17-21-35)34(4,5)6/h7-15,27-28,36H,16-23,37H2,1-6H3,(H,38,40)(H,39,44)/t27?,28-,35?/m1/s1. The molecule has 0 radical (unpaired) electrons. The van der Waals surface area contributed by atoms with Crippen LogP contribution >= 0.6 is 0 Å². The number of nitrogens with zero attached hydrogens (tertiary/aromatic N) is 4. The molecule has 1 saturated carbocycles. The normalized spacial score (nSPS) is 22.4. The first-order valence-corrected chi connectivity index (χ1v) is 16.0. The topological polar surface area (TPSA) is 148 Å². The summed E-state index contributed by atoms with van der Waals surface area (Å²) in [4.78, 5) is 34.2. The predicted molar refractivity (Wildman–Crippen MR) is 179 cm³/mol. The van der Waals surface area contributed by atoms with Gasteiger partial charge in [-0.05, 0) is 78.5 Å². The van der Waals surface area contributed by atoms with Gasteiger partial charge in [0.25, 0.3) is 11.8 Å². The maximum atomic E-state index is 14.4. The highest BCUT2D eigenvalue weighted by Crippen LogP contribution is 2.48. The van der Waals surface area contributed by atoms with Gasteiger partial charge in [-0.25, -0.2) is 5.53 Å². The molecule has 4 rings (SSSR count). The molecular weight excluding hydrogens is 564 g/mol. The number of nitrogens with two attached hydrogens (primary N) is 1. The molecule has 0 bridgehead atoms. The van der Waals surface area contributed by atoms with Gasteiger partial charge in [-0.15, -0.1) is 5.11 Å². The number of amides is 2. The summed E-state index contributed by atoms with van der Waals surface area (Å²) >= 11 is 0. The van der Waals surface area contributed by atoms with Crippen LogP contribution in [0.4, 0.5) is 0 Å². The highest BCUT2D eigenvalue weighted by Gasteiger charge is 2.53. The van der Waals surface area contributed by atoms with Gasteiger partial charge in [0.2, 0.25) is 0 Å². The number of hydrogen-bond acceptors (Lipinski definition) is 6. The van der Waals surface area contributed by atoms with Gasteiger partial charge in [-0.2, -0.15) is 5.10 Å². The van der Waals surface area contributed by atoms with Crippen molar-refractivity contribution >= 4 is 23.5 Å². The number of aliphatic imine (C=N–C) groups is 1. The average molecular weight is 615 g/mol. The molecule has 2 fully saturated rings. The van der Waals surface area contributed by atoms with Gasteiger partial charge >= 0.3 is 0 Å². The summed E-state index contributed by atoms with van der Waals surface area (Å²) in [5.41, 5.74) is 9.35. The fourth-order valence-corrected chi connectivity index (χ4v) is 6.52. The van der Waals surface area contributed by atoms with Gasteiger partial charge in [0.05, 0.1) is 19.1 Å². The molecule has 1 heterocycles. The SMILES string of the molecule is CC(C)(C)CC[C@H](c1ccc(C(=O)NCC(N=N)=NN)cc1)N1C(=O)C(=NCc2ccccc2)NC12CCC(C(C)(C)C)CC2. The van der Waals surface area contributed by atoms with E-state index in [2.05, 4.69) is 67.3 Å². The maximum Gasteiger partial charge on any atom is 0.291 e. The van der Waals surface area contributed by atoms with Crippen LogP contribution in [0.5, 0.6) is 0 Å². The lowest BCUT2D eigenvalue weighted by molar-refractivity contribution is -0.133. The van der Waals surface area contributed by atoms with E-state index in [0.29, 0.717) is 23.9 Å². The lowest BCUT2D eigenvalue weighted by atomic mass is 9.69. The van der Waals surface area contributed by atoms with E-state index in [1.165, 1.54) is 0 Å². The Morgan fingerprint density at radius 3 is 2.27 bits per heavy atom. The third-order valence-electron chi connectivity index (χ3n) is 9.26. The second kappa shape index (κ2) is 13.9. The zero-order valence-corrected chi connectivity index (χ0v) is 27.7. The second-order valence-electron chi connectivity index (χ2n) is 14.7. The number of hydrazone groups is 1. The fraction of sp³-hybridized carbons (Fsp3) is 0.543. The first-order chi connectivity index (χ1) is 21.3. The number of hydrogen-bond donors (Lipinski definition) is 4. The van der Waals surface area contributed by atoms with Crippen LogP contribution in [-0.4, -0.2) is 40.6 Å². The Labute approximate surface area is 267 Å². The third-order valence-corrected chi connectivity index (χ3v) is 9.26. The zero-order valence-electron chi connectivity index (χ0n) is 27.7. The number of carbonyl (C=O) groups excluding carboxylic acids is 2. The molecule has 0 unspecified atom stereocenters. The second-order valence-corrected chi connectivity index (χ2v) is 14.7. The number of nitrogens with one attached hydrogen (secondary N) is 3. The fourth-order valence-electron chi connectivity index (χ4n) is 6.52. The monoisotopic (exact) mass is 614 g/mol. The minimum absolute atomic E-state index is 0.0264. The Bertz CT molecular complexity index is 1400. The molecule has 1 atom stereocenters. The van der Waals surface area contributed by atoms with Gasteiger partial charge < -0.3 is 21.4 Å². The van der Waals surface area contributed by atoms with E-state index < -0.39 is 5.66 Å². The molecule has 2 aliphatic rings. The average Bonchev–Trinajstić information content (AvgIpc) is 3.26. The highest BCUT2D eigenvalue weighted by atomic mass is 16.2. The van der Waals surface area contributed by atoms with E-state index in [-0.39, 0.29) is 41.1 Å². The predicted octanol–water partition coefficient (Wildman–Crippen LogP) is 6.55. The van der Waals surface area contributed by atoms with Crippen LogP contribution in [-0.2, 0) is 11.3 Å². The first-order valence-electron chi connectivity index (χ1n) is 16.0. The number of rotatable bonds is 9. The van der Waals surface area contributed by atoms with Crippen LogP contribution in [0.1, 0.15) is 108 Å². The van der Waals surface area contributed by atoms with E-state index >= 15 is 0 Å². The quantitative estimate of drug-likeness (QED) is 0.0833. The smallest absolute Gasteiger partial charge is 0.291 e. The molecule has 5 N–H and O–H groups in total. The van der Waals surface area contributed by atoms with Crippen LogP contribution in [0.3, 0.4) is 0 Å². The molecule has 0 aromatic heterocycles. The van der Waals surface area contributed by atoms with E-state index in [1.807, 2.05) is 42.5 Å². The Hall–Kier alpha value is -4.08. The molecular formula is C35H50N8O2. The lowest BCUT2D eigenvalue weighted by Gasteiger charge is -2.48. The molecule has 2 aromatic carbocycles. The van der Waals surface area contributed by atoms with Gasteiger partial charge in [-0.1, -0.05) is 84.0 Å². The van der Waals surface area contributed by atoms with Gasteiger partial charge in [0, 0.05) is 5.56 Å². The highest BCUT2D eigenvalue weighted by molar-refractivity contribution is 6.40. The summed E-state index contributed by atoms with van der Waals surface area (Å²) < 4.78 is 0. The third kappa shape index (κ3) is 8.35. The first kappa shape index (κ1) is 33.8. The number of carbonyl (C=O) groups is 2. The van der Waals surface area contributed by atoms with E-state index in [0.717, 1.165) is 49.7 Å². The van der Waals surface area contributed by atoms with Crippen molar-refractivity contribution in [2.24, 2.45) is 37.8 Å². The molecule has 45 heavy (non-hydrogen) atoms. The van der Waals surface area contributed by atoms with Crippen molar-refractivity contribution in [3.05, 3.63) is 71.3 Å². The summed E-state index contributed by atoms with van der Waals surface area (Å²) in [6.45, 7) is 14.0. The van der Waals surface area contributed by atoms with Crippen LogP contribution in [0.25, 0.3) is 0 Å². The summed E-state index contributed by atoms with van der Waals surface area (Å²) in [6, 6.07) is 17.3. The molecule has 1 spiro atoms. The van der Waals surface area contributed by atoms with Crippen molar-refractivity contribution in [3.63, 3.8) is 0 Å². The van der Waals surface area contributed by atoms with Crippen molar-refractivity contribution in [1.29, 1.82) is 5.53 Å². The van der Waals surface area contributed by atoms with Crippen LogP contribution in [0.15, 0.2) is 69.8 Å². The molecule has 1 aliphatic carbocycles. The van der Waals surface area contributed by atoms with Gasteiger partial charge in [0.15, 0.2) is 11.7 Å². The Balaban J connectivity index is 1.69. The van der Waals surface area contributed by atoms with E-state index in [9.17, 15) is 9.59 Å². The Kier molecular flexibility index (Phi) is 10.5. The molecule has 10 nitrogen and oxygen atoms in total. The summed E-state index contributed by atoms with van der Waals surface area (Å²) in [6.07, 6.45) is 5.44. The Morgan fingerprint density at radius 1 is 1.07 bits per heavy atom. The van der Waals surface area contributed by atoms with E-state index in [1.54, 1.807) is 12.1 Å². The summed E-state index contributed by atoms with van der Waals surface area (Å²) in [5, 5.41) is 13.0. The van der Waals surface area contributed by atoms with Gasteiger partial charge in [0.1, 0.15) is 5.66 Å². The largest absolute Gasteiger partial charge is 0.345 e. The van der Waals surface area contributed by atoms with Crippen molar-refractivity contribution in [1.82, 2.24) is 15.5 Å². The molecule has 1 aliphatic heterocycles. The molecule has 2 amide bonds. The Morgan fingerprint density at radius 2 is 1.71 bits per heavy atom. The number of amidine groups is 2. The molecule has 242 valence electrons. The zero-order chi connectivity index (χ0) is 32.8. The van der Waals surface area contributed by atoms with Gasteiger partial charge in [-0.3, -0.25) is 14.6 Å². The molecule has 1 saturated heterocycles. The van der Waals surface area contributed by atoms with E-state index in [4.69, 9.17) is 16.4 Å². The van der Waals surface area contributed by atoms with Crippen LogP contribution < -0.4 is 16.5 Å². The van der Waals surface area contributed by atoms with Crippen LogP contribution in [0.2, 0.25) is 0 Å². The summed E-state index contributed by atoms with van der Waals surface area (Å²) in [5.74, 6) is 5.87. The minimum Gasteiger partial charge on any atom is -0.345 e. The van der Waals surface area contributed by atoms with Crippen molar-refractivity contribution in [2.45, 2.75) is 98.3 Å². The lowest BCUT2D eigenvalue weighted by Crippen LogP contribution is -2.56. The molecule has 2 aromatic rings. The molecule has 10 heteroatoms. The minimum atomic E-state index is -0.523. The number of benzene rings is 2. The van der Waals surface area contributed by atoms with Crippen molar-refractivity contribution < 1.29 is 9.59 Å². The van der Waals surface area contributed by atoms with Crippen LogP contribution in [0, 0.1) is 22.3 Å². The van der Waals surface area contributed by atoms with Crippen molar-refractivity contribution in [2.75, 3.05) is 6.54 Å². The maximum absolute atomic E-state index is 14.4. The summed E-state index contributed by atoms with van der Waals surface area (Å²) in [7, 11) is 0.